The SMILES string of the molecule is C[Si](C)(C)c1cc2c(cc1[Si](C)(C)C)c1c3c4ccccc4c3c3c4ccccc4c3c21. The van der Waals surface area contributed by atoms with Crippen LogP contribution in [0.2, 0.25) is 39.3 Å². The van der Waals surface area contributed by atoms with Gasteiger partial charge >= 0.3 is 0 Å². The Morgan fingerprint density at radius 2 is 0.625 bits per heavy atom. The number of hydrogen-bond acceptors (Lipinski definition) is 0. The monoisotopic (exact) mass is 444 g/mol. The molecular formula is C30H28Si2. The molecule has 7 aromatic carbocycles. The smallest absolute Gasteiger partial charge is 0.0656 e. The van der Waals surface area contributed by atoms with E-state index >= 15 is 0 Å². The Balaban J connectivity index is 1.75. The molecule has 7 rings (SSSR count). The van der Waals surface area contributed by atoms with E-state index in [1.165, 1.54) is 64.6 Å². The van der Waals surface area contributed by atoms with Crippen molar-refractivity contribution >= 4 is 91.2 Å². The first-order chi connectivity index (χ1) is 15.2. The summed E-state index contributed by atoms with van der Waals surface area (Å²) in [6, 6.07) is 23.3. The van der Waals surface area contributed by atoms with Crippen molar-refractivity contribution < 1.29 is 0 Å². The van der Waals surface area contributed by atoms with E-state index in [0.29, 0.717) is 0 Å². The molecule has 0 amide bonds. The van der Waals surface area contributed by atoms with Crippen molar-refractivity contribution in [2.75, 3.05) is 0 Å². The van der Waals surface area contributed by atoms with E-state index in [1.807, 2.05) is 0 Å². The highest BCUT2D eigenvalue weighted by Gasteiger charge is 2.32. The van der Waals surface area contributed by atoms with Crippen molar-refractivity contribution in [2.24, 2.45) is 0 Å². The van der Waals surface area contributed by atoms with Gasteiger partial charge in [0.1, 0.15) is 0 Å². The lowest BCUT2D eigenvalue weighted by molar-refractivity contribution is 1.70. The largest absolute Gasteiger partial charge is 0.0774 e. The number of rotatable bonds is 2. The van der Waals surface area contributed by atoms with Crippen LogP contribution in [-0.2, 0) is 0 Å². The van der Waals surface area contributed by atoms with Gasteiger partial charge in [0.15, 0.2) is 0 Å². The zero-order valence-electron chi connectivity index (χ0n) is 19.8. The van der Waals surface area contributed by atoms with Crippen LogP contribution in [0.1, 0.15) is 0 Å². The van der Waals surface area contributed by atoms with E-state index in [2.05, 4.69) is 99.9 Å². The first-order valence-electron chi connectivity index (χ1n) is 11.8. The highest BCUT2D eigenvalue weighted by atomic mass is 28.3. The van der Waals surface area contributed by atoms with E-state index in [0.717, 1.165) is 0 Å². The second-order valence-corrected chi connectivity index (χ2v) is 21.9. The molecule has 32 heavy (non-hydrogen) atoms. The standard InChI is InChI=1S/C30H28Si2/c1-31(2,3)23-15-21-22(16-24(23)32(4,5)6)30-28-20-14-10-8-12-18(20)26(28)25-17-11-7-9-13-19(17)27(25)29(21)30/h7-16H,1-6H3. The van der Waals surface area contributed by atoms with Crippen LogP contribution in [0.4, 0.5) is 0 Å². The van der Waals surface area contributed by atoms with E-state index in [4.69, 9.17) is 0 Å². The third kappa shape index (κ3) is 2.08. The minimum absolute atomic E-state index is 1.44. The summed E-state index contributed by atoms with van der Waals surface area (Å²) in [7, 11) is -2.89. The molecule has 7 aromatic rings. The molecule has 0 saturated heterocycles. The zero-order chi connectivity index (χ0) is 22.2. The third-order valence-electron chi connectivity index (χ3n) is 7.74. The molecule has 0 unspecified atom stereocenters. The Morgan fingerprint density at radius 3 is 0.875 bits per heavy atom. The summed E-state index contributed by atoms with van der Waals surface area (Å²) in [4.78, 5) is 0. The molecule has 0 bridgehead atoms. The molecule has 0 atom stereocenters. The van der Waals surface area contributed by atoms with Crippen molar-refractivity contribution in [3.8, 4) is 0 Å². The molecule has 0 saturated carbocycles. The van der Waals surface area contributed by atoms with Gasteiger partial charge < -0.3 is 0 Å². The predicted molar refractivity (Wildman–Crippen MR) is 151 cm³/mol. The summed E-state index contributed by atoms with van der Waals surface area (Å²) in [5.74, 6) is 0. The molecule has 0 aliphatic heterocycles. The summed E-state index contributed by atoms with van der Waals surface area (Å²) >= 11 is 0. The maximum Gasteiger partial charge on any atom is 0.0774 e. The molecule has 0 spiro atoms. The van der Waals surface area contributed by atoms with E-state index in [1.54, 1.807) is 10.4 Å². The Morgan fingerprint density at radius 1 is 0.375 bits per heavy atom. The van der Waals surface area contributed by atoms with Gasteiger partial charge in [0.25, 0.3) is 0 Å². The van der Waals surface area contributed by atoms with Crippen LogP contribution in [0.5, 0.6) is 0 Å². The lowest BCUT2D eigenvalue weighted by Crippen LogP contribution is -2.56. The minimum atomic E-state index is -1.45. The molecule has 0 radical (unpaired) electrons. The highest BCUT2D eigenvalue weighted by molar-refractivity contribution is 6.98. The molecule has 0 aliphatic carbocycles. The molecule has 0 N–H and O–H groups in total. The lowest BCUT2D eigenvalue weighted by atomic mass is 9.76. The summed E-state index contributed by atoms with van der Waals surface area (Å²) in [5.41, 5.74) is 0. The van der Waals surface area contributed by atoms with Crippen LogP contribution < -0.4 is 10.4 Å². The molecule has 0 fully saturated rings. The predicted octanol–water partition coefficient (Wildman–Crippen LogP) is 8.01. The van der Waals surface area contributed by atoms with Crippen molar-refractivity contribution in [3.63, 3.8) is 0 Å². The van der Waals surface area contributed by atoms with Crippen molar-refractivity contribution in [3.05, 3.63) is 60.7 Å². The molecule has 0 heterocycles. The van der Waals surface area contributed by atoms with Gasteiger partial charge in [-0.1, -0.05) is 110 Å². The average Bonchev–Trinajstić information content (AvgIpc) is 2.71. The van der Waals surface area contributed by atoms with Crippen LogP contribution in [0.3, 0.4) is 0 Å². The second-order valence-electron chi connectivity index (χ2n) is 11.8. The molecule has 0 aliphatic rings. The van der Waals surface area contributed by atoms with Crippen LogP contribution in [0.25, 0.3) is 64.6 Å². The Hall–Kier alpha value is -2.69. The molecule has 0 aromatic heterocycles. The number of fused-ring (bicyclic) bond motifs is 15. The van der Waals surface area contributed by atoms with E-state index in [-0.39, 0.29) is 0 Å². The van der Waals surface area contributed by atoms with Gasteiger partial charge in [-0.2, -0.15) is 0 Å². The van der Waals surface area contributed by atoms with Crippen molar-refractivity contribution in [1.29, 1.82) is 0 Å². The average molecular weight is 445 g/mol. The molecule has 2 heteroatoms. The summed E-state index contributed by atoms with van der Waals surface area (Å²) in [5, 5.41) is 21.3. The second kappa shape index (κ2) is 5.62. The topological polar surface area (TPSA) is 0 Å². The Kier molecular flexibility index (Phi) is 3.31. The first-order valence-corrected chi connectivity index (χ1v) is 18.8. The fraction of sp³-hybridized carbons (Fsp3) is 0.200. The zero-order valence-corrected chi connectivity index (χ0v) is 21.8. The Bertz CT molecular complexity index is 1690. The summed E-state index contributed by atoms with van der Waals surface area (Å²) in [6.07, 6.45) is 0. The maximum absolute atomic E-state index is 2.62. The third-order valence-corrected chi connectivity index (χ3v) is 12.1. The van der Waals surface area contributed by atoms with Gasteiger partial charge in [-0.05, 0) is 64.6 Å². The van der Waals surface area contributed by atoms with Crippen molar-refractivity contribution in [2.45, 2.75) is 39.3 Å². The van der Waals surface area contributed by atoms with Gasteiger partial charge in [-0.3, -0.25) is 0 Å². The van der Waals surface area contributed by atoms with Gasteiger partial charge in [0.2, 0.25) is 0 Å². The van der Waals surface area contributed by atoms with Gasteiger partial charge in [0, 0.05) is 0 Å². The van der Waals surface area contributed by atoms with Gasteiger partial charge in [0.05, 0.1) is 16.1 Å². The van der Waals surface area contributed by atoms with Gasteiger partial charge in [-0.15, -0.1) is 0 Å². The van der Waals surface area contributed by atoms with Crippen LogP contribution in [0, 0.1) is 0 Å². The molecule has 156 valence electrons. The first kappa shape index (κ1) is 18.8. The van der Waals surface area contributed by atoms with Crippen molar-refractivity contribution in [1.82, 2.24) is 0 Å². The summed E-state index contributed by atoms with van der Waals surface area (Å²) < 4.78 is 0. The maximum atomic E-state index is 2.62. The lowest BCUT2D eigenvalue weighted by Gasteiger charge is -2.32. The van der Waals surface area contributed by atoms with Crippen LogP contribution in [-0.4, -0.2) is 16.1 Å². The fourth-order valence-corrected chi connectivity index (χ4v) is 11.4. The summed E-state index contributed by atoms with van der Waals surface area (Å²) in [6.45, 7) is 15.1. The highest BCUT2D eigenvalue weighted by Crippen LogP contribution is 2.56. The molecular weight excluding hydrogens is 417 g/mol. The van der Waals surface area contributed by atoms with Crippen LogP contribution >= 0.6 is 0 Å². The Labute approximate surface area is 190 Å². The normalized spacial score (nSPS) is 13.9. The van der Waals surface area contributed by atoms with Gasteiger partial charge in [-0.25, -0.2) is 0 Å². The number of benzene rings is 4. The van der Waals surface area contributed by atoms with E-state index in [9.17, 15) is 0 Å². The fourth-order valence-electron chi connectivity index (χ4n) is 6.27. The number of hydrogen-bond donors (Lipinski definition) is 0. The minimum Gasteiger partial charge on any atom is -0.0656 e. The van der Waals surface area contributed by atoms with Crippen LogP contribution in [0.15, 0.2) is 60.7 Å². The van der Waals surface area contributed by atoms with E-state index < -0.39 is 16.1 Å². The molecule has 0 nitrogen and oxygen atoms in total. The quantitative estimate of drug-likeness (QED) is 0.237.